The number of amides is 1. The maximum absolute atomic E-state index is 12.2. The van der Waals surface area contributed by atoms with E-state index < -0.39 is 0 Å². The molecule has 0 spiro atoms. The van der Waals surface area contributed by atoms with Crippen LogP contribution in [0.25, 0.3) is 22.6 Å². The van der Waals surface area contributed by atoms with E-state index in [4.69, 9.17) is 25.4 Å². The number of nitrogens with zero attached hydrogens (tertiary/aromatic N) is 9. The third kappa shape index (κ3) is 5.02. The second-order valence-corrected chi connectivity index (χ2v) is 10.1. The smallest absolute Gasteiger partial charge is 0.222 e. The molecule has 0 saturated carbocycles. The zero-order chi connectivity index (χ0) is 26.1. The van der Waals surface area contributed by atoms with E-state index >= 15 is 0 Å². The third-order valence-corrected chi connectivity index (χ3v) is 6.89. The van der Waals surface area contributed by atoms with Crippen molar-refractivity contribution in [1.82, 2.24) is 34.4 Å². The van der Waals surface area contributed by atoms with Gasteiger partial charge in [0, 0.05) is 58.1 Å². The van der Waals surface area contributed by atoms with Gasteiger partial charge in [0.1, 0.15) is 0 Å². The van der Waals surface area contributed by atoms with Crippen LogP contribution >= 0.6 is 0 Å². The number of fused-ring (bicyclic) bond motifs is 1. The highest BCUT2D eigenvalue weighted by Gasteiger charge is 2.30. The van der Waals surface area contributed by atoms with Gasteiger partial charge in [-0.2, -0.15) is 0 Å². The number of hydrogen-bond acceptors (Lipinski definition) is 10. The highest BCUT2D eigenvalue weighted by Crippen LogP contribution is 2.33. The second-order valence-electron chi connectivity index (χ2n) is 10.1. The molecule has 0 bridgehead atoms. The molecule has 0 radical (unpaired) electrons. The fourth-order valence-electron chi connectivity index (χ4n) is 4.95. The van der Waals surface area contributed by atoms with Crippen LogP contribution in [-0.2, 0) is 16.1 Å². The molecule has 198 valence electrons. The van der Waals surface area contributed by atoms with E-state index in [9.17, 15) is 4.79 Å². The van der Waals surface area contributed by atoms with Crippen molar-refractivity contribution in [2.75, 3.05) is 61.5 Å². The summed E-state index contributed by atoms with van der Waals surface area (Å²) in [6, 6.07) is 0.143. The minimum Gasteiger partial charge on any atom is -0.377 e. The number of nitrogens with two attached hydrogens (primary N) is 1. The Morgan fingerprint density at radius 1 is 1.11 bits per heavy atom. The van der Waals surface area contributed by atoms with Gasteiger partial charge in [0.05, 0.1) is 24.8 Å². The zero-order valence-electron chi connectivity index (χ0n) is 22.1. The van der Waals surface area contributed by atoms with Crippen LogP contribution in [-0.4, -0.2) is 92.3 Å². The Hall–Kier alpha value is -3.54. The topological polar surface area (TPSA) is 131 Å². The van der Waals surface area contributed by atoms with Gasteiger partial charge in [-0.05, 0) is 12.8 Å². The van der Waals surface area contributed by atoms with Crippen molar-refractivity contribution in [1.29, 1.82) is 0 Å². The monoisotopic (exact) mass is 508 g/mol. The summed E-state index contributed by atoms with van der Waals surface area (Å²) >= 11 is 0. The van der Waals surface area contributed by atoms with Crippen molar-refractivity contribution in [3.8, 4) is 11.4 Å². The summed E-state index contributed by atoms with van der Waals surface area (Å²) in [7, 11) is 0. The van der Waals surface area contributed by atoms with E-state index in [1.807, 2.05) is 11.8 Å². The van der Waals surface area contributed by atoms with Gasteiger partial charge in [0.15, 0.2) is 22.8 Å². The minimum absolute atomic E-state index is 0.143. The predicted molar refractivity (Wildman–Crippen MR) is 142 cm³/mol. The highest BCUT2D eigenvalue weighted by atomic mass is 16.5. The summed E-state index contributed by atoms with van der Waals surface area (Å²) in [6.45, 7) is 14.0. The van der Waals surface area contributed by atoms with Gasteiger partial charge in [-0.1, -0.05) is 20.8 Å². The predicted octanol–water partition coefficient (Wildman–Crippen LogP) is 1.81. The third-order valence-electron chi connectivity index (χ3n) is 6.89. The van der Waals surface area contributed by atoms with Crippen LogP contribution in [0, 0.1) is 5.92 Å². The lowest BCUT2D eigenvalue weighted by atomic mass is 10.2. The molecule has 12 heteroatoms. The maximum atomic E-state index is 12.2. The first-order chi connectivity index (χ1) is 17.9. The Balaban J connectivity index is 1.64. The fraction of sp³-hybridized carbons (Fsp3) is 0.600. The van der Waals surface area contributed by atoms with E-state index in [-0.39, 0.29) is 17.9 Å². The van der Waals surface area contributed by atoms with Crippen molar-refractivity contribution in [2.24, 2.45) is 5.92 Å². The molecule has 1 atom stereocenters. The zero-order valence-corrected chi connectivity index (χ0v) is 22.1. The van der Waals surface area contributed by atoms with Crippen LogP contribution < -0.4 is 15.5 Å². The molecule has 3 aromatic rings. The molecule has 1 amide bonds. The molecular formula is C25H36N10O2. The summed E-state index contributed by atoms with van der Waals surface area (Å²) in [5.41, 5.74) is 7.99. The Morgan fingerprint density at radius 2 is 1.84 bits per heavy atom. The van der Waals surface area contributed by atoms with E-state index in [1.165, 1.54) is 0 Å². The average Bonchev–Trinajstić information content (AvgIpc) is 3.26. The Kier molecular flexibility index (Phi) is 7.09. The summed E-state index contributed by atoms with van der Waals surface area (Å²) in [6.07, 6.45) is 3.84. The molecule has 2 N–H and O–H groups in total. The Bertz CT molecular complexity index is 1250. The first-order valence-electron chi connectivity index (χ1n) is 13.1. The highest BCUT2D eigenvalue weighted by molar-refractivity contribution is 5.88. The number of morpholine rings is 1. The number of piperazine rings is 1. The molecule has 3 aromatic heterocycles. The van der Waals surface area contributed by atoms with Gasteiger partial charge in [-0.25, -0.2) is 24.9 Å². The van der Waals surface area contributed by atoms with Crippen LogP contribution in [0.5, 0.6) is 0 Å². The summed E-state index contributed by atoms with van der Waals surface area (Å²) in [4.78, 5) is 42.2. The molecular weight excluding hydrogens is 472 g/mol. The molecule has 2 saturated heterocycles. The molecule has 0 aliphatic carbocycles. The van der Waals surface area contributed by atoms with Gasteiger partial charge < -0.3 is 25.2 Å². The summed E-state index contributed by atoms with van der Waals surface area (Å²) < 4.78 is 7.91. The number of nitrogen functional groups attached to an aromatic ring is 1. The largest absolute Gasteiger partial charge is 0.377 e. The molecule has 0 aromatic carbocycles. The van der Waals surface area contributed by atoms with Gasteiger partial charge in [0.25, 0.3) is 0 Å². The number of rotatable bonds is 6. The number of hydrogen-bond donors (Lipinski definition) is 1. The van der Waals surface area contributed by atoms with Crippen LogP contribution in [0.15, 0.2) is 12.4 Å². The lowest BCUT2D eigenvalue weighted by molar-refractivity contribution is -0.131. The van der Waals surface area contributed by atoms with E-state index in [2.05, 4.69) is 45.1 Å². The molecule has 5 heterocycles. The van der Waals surface area contributed by atoms with Crippen molar-refractivity contribution >= 4 is 34.8 Å². The number of aromatic nitrogens is 6. The van der Waals surface area contributed by atoms with Crippen LogP contribution in [0.1, 0.15) is 34.1 Å². The van der Waals surface area contributed by atoms with Crippen molar-refractivity contribution < 1.29 is 9.53 Å². The van der Waals surface area contributed by atoms with Gasteiger partial charge >= 0.3 is 0 Å². The molecule has 0 unspecified atom stereocenters. The van der Waals surface area contributed by atoms with Gasteiger partial charge in [0.2, 0.25) is 17.8 Å². The standard InChI is InChI=1S/C25H36N10O2/c1-5-19(36)32-6-8-33(9-7-32)25-29-20-22(34-10-11-37-15-17(34)4)30-21(18-12-27-24(26)28-13-18)31-23(20)35(25)14-16(2)3/h12-13,16-17H,5-11,14-15H2,1-4H3,(H2,26,27,28)/t17-/m0/s1. The quantitative estimate of drug-likeness (QED) is 0.526. The Labute approximate surface area is 216 Å². The molecule has 2 aliphatic rings. The average molecular weight is 509 g/mol. The number of carbonyl (C=O) groups is 1. The van der Waals surface area contributed by atoms with Gasteiger partial charge in [-0.15, -0.1) is 0 Å². The fourth-order valence-corrected chi connectivity index (χ4v) is 4.95. The Morgan fingerprint density at radius 3 is 2.49 bits per heavy atom. The number of anilines is 3. The first-order valence-corrected chi connectivity index (χ1v) is 13.1. The lowest BCUT2D eigenvalue weighted by Gasteiger charge is -2.35. The molecule has 5 rings (SSSR count). The lowest BCUT2D eigenvalue weighted by Crippen LogP contribution is -2.49. The molecule has 2 fully saturated rings. The number of ether oxygens (including phenoxy) is 1. The molecule has 2 aliphatic heterocycles. The first kappa shape index (κ1) is 25.1. The second kappa shape index (κ2) is 10.4. The molecule has 37 heavy (non-hydrogen) atoms. The SMILES string of the molecule is CCC(=O)N1CCN(c2nc3c(N4CCOC[C@@H]4C)nc(-c4cnc(N)nc4)nc3n2CC(C)C)CC1. The number of imidazole rings is 1. The van der Waals surface area contributed by atoms with Crippen molar-refractivity contribution in [2.45, 2.75) is 46.7 Å². The van der Waals surface area contributed by atoms with E-state index in [0.717, 1.165) is 49.1 Å². The van der Waals surface area contributed by atoms with Crippen molar-refractivity contribution in [3.05, 3.63) is 12.4 Å². The number of carbonyl (C=O) groups excluding carboxylic acids is 1. The van der Waals surface area contributed by atoms with Crippen LogP contribution in [0.2, 0.25) is 0 Å². The maximum Gasteiger partial charge on any atom is 0.222 e. The van der Waals surface area contributed by atoms with Gasteiger partial charge in [-0.3, -0.25) is 9.36 Å². The molecule has 12 nitrogen and oxygen atoms in total. The minimum atomic E-state index is 0.143. The van der Waals surface area contributed by atoms with E-state index in [1.54, 1.807) is 12.4 Å². The summed E-state index contributed by atoms with van der Waals surface area (Å²) in [5.74, 6) is 2.98. The van der Waals surface area contributed by atoms with Crippen LogP contribution in [0.3, 0.4) is 0 Å². The normalized spacial score (nSPS) is 18.7. The van der Waals surface area contributed by atoms with Crippen LogP contribution in [0.4, 0.5) is 17.7 Å². The van der Waals surface area contributed by atoms with Crippen molar-refractivity contribution in [3.63, 3.8) is 0 Å². The van der Waals surface area contributed by atoms with E-state index in [0.29, 0.717) is 50.0 Å². The summed E-state index contributed by atoms with van der Waals surface area (Å²) in [5, 5.41) is 0.